The van der Waals surface area contributed by atoms with Gasteiger partial charge in [-0.05, 0) is 38.6 Å². The smallest absolute Gasteiger partial charge is 0.0577 e. The molecule has 1 saturated carbocycles. The molecule has 0 bridgehead atoms. The fraction of sp³-hybridized carbons (Fsp3) is 1.00. The molecule has 1 atom stereocenters. The fourth-order valence-electron chi connectivity index (χ4n) is 1.78. The maximum atomic E-state index is 5.62. The van der Waals surface area contributed by atoms with Crippen LogP contribution in [0.4, 0.5) is 0 Å². The summed E-state index contributed by atoms with van der Waals surface area (Å²) in [5.74, 6) is 0. The topological polar surface area (TPSA) is 21.3 Å². The first-order valence-corrected chi connectivity index (χ1v) is 5.30. The summed E-state index contributed by atoms with van der Waals surface area (Å²) in [6.45, 7) is 2.19. The maximum Gasteiger partial charge on any atom is 0.0577 e. The normalized spacial score (nSPS) is 30.5. The third-order valence-corrected chi connectivity index (χ3v) is 2.76. The highest BCUT2D eigenvalue weighted by molar-refractivity contribution is 4.75. The van der Waals surface area contributed by atoms with Crippen LogP contribution in [0.25, 0.3) is 0 Å². The minimum atomic E-state index is 0.633. The summed E-state index contributed by atoms with van der Waals surface area (Å²) in [5, 5.41) is 3.53. The van der Waals surface area contributed by atoms with Crippen molar-refractivity contribution >= 4 is 0 Å². The number of nitrogens with one attached hydrogen (secondary N) is 1. The number of hydrogen-bond acceptors (Lipinski definition) is 2. The fourth-order valence-corrected chi connectivity index (χ4v) is 1.78. The molecule has 1 aliphatic carbocycles. The summed E-state index contributed by atoms with van der Waals surface area (Å²) in [5.41, 5.74) is 0. The van der Waals surface area contributed by atoms with E-state index >= 15 is 0 Å². The largest absolute Gasteiger partial charge is 0.378 e. The van der Waals surface area contributed by atoms with Crippen LogP contribution in [0, 0.1) is 0 Å². The van der Waals surface area contributed by atoms with Gasteiger partial charge in [0.15, 0.2) is 0 Å². The van der Waals surface area contributed by atoms with Crippen molar-refractivity contribution < 1.29 is 4.74 Å². The van der Waals surface area contributed by atoms with Gasteiger partial charge in [0, 0.05) is 12.6 Å². The number of hydrogen-bond donors (Lipinski definition) is 1. The lowest BCUT2D eigenvalue weighted by Gasteiger charge is -2.23. The molecule has 70 valence electrons. The van der Waals surface area contributed by atoms with Crippen LogP contribution in [0.15, 0.2) is 0 Å². The molecule has 0 radical (unpaired) electrons. The van der Waals surface area contributed by atoms with Gasteiger partial charge in [-0.25, -0.2) is 0 Å². The molecule has 0 aromatic heterocycles. The maximum absolute atomic E-state index is 5.62. The summed E-state index contributed by atoms with van der Waals surface area (Å²) in [7, 11) is 0. The van der Waals surface area contributed by atoms with E-state index in [1.165, 1.54) is 45.1 Å². The minimum absolute atomic E-state index is 0.633. The Hall–Kier alpha value is -0.0800. The summed E-state index contributed by atoms with van der Waals surface area (Å²) < 4.78 is 5.62. The molecule has 0 aromatic rings. The van der Waals surface area contributed by atoms with E-state index < -0.39 is 0 Å². The summed E-state index contributed by atoms with van der Waals surface area (Å²) in [6, 6.07) is 0.748. The van der Waals surface area contributed by atoms with E-state index in [-0.39, 0.29) is 0 Å². The van der Waals surface area contributed by atoms with Gasteiger partial charge in [-0.2, -0.15) is 0 Å². The molecule has 1 heterocycles. The first-order chi connectivity index (χ1) is 5.95. The molecular formula is C10H19NO. The quantitative estimate of drug-likeness (QED) is 0.691. The lowest BCUT2D eigenvalue weighted by Crippen LogP contribution is -2.34. The van der Waals surface area contributed by atoms with Gasteiger partial charge in [-0.3, -0.25) is 0 Å². The average Bonchev–Trinajstić information content (AvgIpc) is 2.90. The monoisotopic (exact) mass is 169 g/mol. The van der Waals surface area contributed by atoms with Crippen LogP contribution in [0.5, 0.6) is 0 Å². The van der Waals surface area contributed by atoms with E-state index in [2.05, 4.69) is 5.32 Å². The van der Waals surface area contributed by atoms with Crippen LogP contribution < -0.4 is 5.32 Å². The highest BCUT2D eigenvalue weighted by atomic mass is 16.5. The van der Waals surface area contributed by atoms with Crippen LogP contribution in [-0.4, -0.2) is 25.3 Å². The second kappa shape index (κ2) is 4.24. The average molecular weight is 169 g/mol. The van der Waals surface area contributed by atoms with E-state index in [4.69, 9.17) is 4.74 Å². The highest BCUT2D eigenvalue weighted by Crippen LogP contribution is 2.23. The van der Waals surface area contributed by atoms with Gasteiger partial charge in [0.2, 0.25) is 0 Å². The zero-order chi connectivity index (χ0) is 8.23. The predicted molar refractivity (Wildman–Crippen MR) is 49.2 cm³/mol. The van der Waals surface area contributed by atoms with Crippen LogP contribution >= 0.6 is 0 Å². The molecule has 2 aliphatic rings. The molecule has 2 fully saturated rings. The van der Waals surface area contributed by atoms with Crippen molar-refractivity contribution in [3.8, 4) is 0 Å². The van der Waals surface area contributed by atoms with Gasteiger partial charge >= 0.3 is 0 Å². The SMILES string of the molecule is C1CCC(CCOC2CC2)NC1. The highest BCUT2D eigenvalue weighted by Gasteiger charge is 2.22. The second-order valence-corrected chi connectivity index (χ2v) is 4.01. The van der Waals surface area contributed by atoms with Gasteiger partial charge in [0.05, 0.1) is 6.10 Å². The molecule has 1 unspecified atom stereocenters. The zero-order valence-corrected chi connectivity index (χ0v) is 7.72. The second-order valence-electron chi connectivity index (χ2n) is 4.01. The summed E-state index contributed by atoms with van der Waals surface area (Å²) in [6.07, 6.45) is 8.58. The van der Waals surface area contributed by atoms with Gasteiger partial charge < -0.3 is 10.1 Å². The van der Waals surface area contributed by atoms with E-state index in [9.17, 15) is 0 Å². The minimum Gasteiger partial charge on any atom is -0.378 e. The van der Waals surface area contributed by atoms with Gasteiger partial charge in [0.1, 0.15) is 0 Å². The Morgan fingerprint density at radius 3 is 2.75 bits per heavy atom. The molecule has 0 spiro atoms. The van der Waals surface area contributed by atoms with Crippen molar-refractivity contribution in [3.05, 3.63) is 0 Å². The van der Waals surface area contributed by atoms with Crippen molar-refractivity contribution in [2.24, 2.45) is 0 Å². The molecule has 0 amide bonds. The molecule has 1 N–H and O–H groups in total. The predicted octanol–water partition coefficient (Wildman–Crippen LogP) is 1.70. The van der Waals surface area contributed by atoms with Crippen molar-refractivity contribution in [1.82, 2.24) is 5.32 Å². The third kappa shape index (κ3) is 2.76. The molecular weight excluding hydrogens is 150 g/mol. The Morgan fingerprint density at radius 2 is 2.08 bits per heavy atom. The van der Waals surface area contributed by atoms with Crippen LogP contribution in [0.2, 0.25) is 0 Å². The Morgan fingerprint density at radius 1 is 1.17 bits per heavy atom. The molecule has 2 nitrogen and oxygen atoms in total. The third-order valence-electron chi connectivity index (χ3n) is 2.76. The van der Waals surface area contributed by atoms with Gasteiger partial charge in [0.25, 0.3) is 0 Å². The number of ether oxygens (including phenoxy) is 1. The Kier molecular flexibility index (Phi) is 3.01. The molecule has 2 rings (SSSR count). The number of piperidine rings is 1. The molecule has 12 heavy (non-hydrogen) atoms. The van der Waals surface area contributed by atoms with Gasteiger partial charge in [-0.15, -0.1) is 0 Å². The van der Waals surface area contributed by atoms with E-state index in [0.29, 0.717) is 6.10 Å². The van der Waals surface area contributed by atoms with Crippen molar-refractivity contribution in [1.29, 1.82) is 0 Å². The standard InChI is InChI=1S/C10H19NO/c1-2-7-11-9(3-1)6-8-12-10-4-5-10/h9-11H,1-8H2. The summed E-state index contributed by atoms with van der Waals surface area (Å²) >= 11 is 0. The van der Waals surface area contributed by atoms with Crippen LogP contribution in [0.3, 0.4) is 0 Å². The van der Waals surface area contributed by atoms with E-state index in [1.807, 2.05) is 0 Å². The Labute approximate surface area is 74.7 Å². The van der Waals surface area contributed by atoms with Gasteiger partial charge in [-0.1, -0.05) is 6.42 Å². The van der Waals surface area contributed by atoms with E-state index in [1.54, 1.807) is 0 Å². The zero-order valence-electron chi connectivity index (χ0n) is 7.72. The first kappa shape index (κ1) is 8.52. The van der Waals surface area contributed by atoms with Crippen molar-refractivity contribution in [2.45, 2.75) is 50.7 Å². The Bertz CT molecular complexity index is 128. The van der Waals surface area contributed by atoms with Crippen LogP contribution in [0.1, 0.15) is 38.5 Å². The molecule has 0 aromatic carbocycles. The van der Waals surface area contributed by atoms with Crippen molar-refractivity contribution in [3.63, 3.8) is 0 Å². The van der Waals surface area contributed by atoms with E-state index in [0.717, 1.165) is 12.6 Å². The van der Waals surface area contributed by atoms with Crippen LogP contribution in [-0.2, 0) is 4.74 Å². The lowest BCUT2D eigenvalue weighted by molar-refractivity contribution is 0.107. The summed E-state index contributed by atoms with van der Waals surface area (Å²) in [4.78, 5) is 0. The first-order valence-electron chi connectivity index (χ1n) is 5.30. The molecule has 1 saturated heterocycles. The lowest BCUT2D eigenvalue weighted by atomic mass is 10.0. The Balaban J connectivity index is 1.52. The van der Waals surface area contributed by atoms with Crippen molar-refractivity contribution in [2.75, 3.05) is 13.2 Å². The number of rotatable bonds is 4. The molecule has 1 aliphatic heterocycles. The molecule has 2 heteroatoms.